The maximum Gasteiger partial charge on any atom is 0.163 e. The van der Waals surface area contributed by atoms with Crippen molar-refractivity contribution in [2.75, 3.05) is 0 Å². The number of allylic oxidation sites excluding steroid dienone is 2. The zero-order chi connectivity index (χ0) is 19.3. The quantitative estimate of drug-likeness (QED) is 0.571. The lowest BCUT2D eigenvalue weighted by Crippen LogP contribution is -2.09. The number of aryl methyl sites for hydroxylation is 1. The Morgan fingerprint density at radius 2 is 2.04 bits per heavy atom. The third kappa shape index (κ3) is 2.78. The highest BCUT2D eigenvalue weighted by atomic mass is 19.1. The van der Waals surface area contributed by atoms with Crippen LogP contribution < -0.4 is 0 Å². The van der Waals surface area contributed by atoms with Crippen LogP contribution in [-0.2, 0) is 0 Å². The highest BCUT2D eigenvalue weighted by Crippen LogP contribution is 2.30. The molecule has 0 amide bonds. The van der Waals surface area contributed by atoms with Crippen LogP contribution in [0.1, 0.15) is 17.8 Å². The molecule has 0 fully saturated rings. The van der Waals surface area contributed by atoms with Crippen molar-refractivity contribution < 1.29 is 9.50 Å². The number of hydrogen-bond donors (Lipinski definition) is 1. The van der Waals surface area contributed by atoms with Crippen LogP contribution >= 0.6 is 0 Å². The zero-order valence-corrected chi connectivity index (χ0v) is 15.2. The number of aromatic nitrogens is 4. The molecule has 6 heteroatoms. The van der Waals surface area contributed by atoms with Crippen molar-refractivity contribution in [2.24, 2.45) is 0 Å². The molecule has 0 bridgehead atoms. The molecular weight excluding hydrogens is 355 g/mol. The van der Waals surface area contributed by atoms with Crippen LogP contribution in [-0.4, -0.2) is 30.8 Å². The lowest BCUT2D eigenvalue weighted by molar-refractivity contribution is 0.214. The Balaban J connectivity index is 1.69. The third-order valence-corrected chi connectivity index (χ3v) is 4.94. The fourth-order valence-electron chi connectivity index (χ4n) is 3.58. The molecule has 4 aromatic rings. The van der Waals surface area contributed by atoms with Crippen molar-refractivity contribution in [1.82, 2.24) is 19.6 Å². The van der Waals surface area contributed by atoms with Crippen LogP contribution in [0, 0.1) is 6.92 Å². The van der Waals surface area contributed by atoms with Gasteiger partial charge in [-0.05, 0) is 37.3 Å². The molecule has 0 saturated heterocycles. The average Bonchev–Trinajstić information content (AvgIpc) is 3.11. The summed E-state index contributed by atoms with van der Waals surface area (Å²) in [5, 5.41) is 15.4. The number of nitrogens with zero attached hydrogens (tertiary/aromatic N) is 4. The minimum absolute atomic E-state index is 0.00538. The number of para-hydroxylation sites is 1. The lowest BCUT2D eigenvalue weighted by Gasteiger charge is -2.14. The minimum atomic E-state index is -0.840. The Morgan fingerprint density at radius 3 is 2.89 bits per heavy atom. The van der Waals surface area contributed by atoms with Crippen molar-refractivity contribution in [3.63, 3.8) is 0 Å². The highest BCUT2D eigenvalue weighted by Gasteiger charge is 2.18. The third-order valence-electron chi connectivity index (χ3n) is 4.94. The highest BCUT2D eigenvalue weighted by molar-refractivity contribution is 5.87. The topological polar surface area (TPSA) is 63.3 Å². The molecule has 5 rings (SSSR count). The van der Waals surface area contributed by atoms with Crippen molar-refractivity contribution in [1.29, 1.82) is 0 Å². The maximum atomic E-state index is 13.8. The Bertz CT molecular complexity index is 1290. The Labute approximate surface area is 160 Å². The van der Waals surface area contributed by atoms with Crippen LogP contribution in [0.15, 0.2) is 66.8 Å². The number of halogens is 1. The molecule has 1 atom stereocenters. The van der Waals surface area contributed by atoms with E-state index in [9.17, 15) is 9.50 Å². The van der Waals surface area contributed by atoms with Gasteiger partial charge in [-0.15, -0.1) is 0 Å². The van der Waals surface area contributed by atoms with Crippen LogP contribution in [0.2, 0.25) is 0 Å². The summed E-state index contributed by atoms with van der Waals surface area (Å²) in [6, 6.07) is 11.8. The summed E-state index contributed by atoms with van der Waals surface area (Å²) in [4.78, 5) is 9.26. The van der Waals surface area contributed by atoms with Crippen molar-refractivity contribution in [2.45, 2.75) is 19.4 Å². The number of hydrogen-bond acceptors (Lipinski definition) is 4. The molecule has 28 heavy (non-hydrogen) atoms. The van der Waals surface area contributed by atoms with Gasteiger partial charge in [-0.3, -0.25) is 4.98 Å². The second kappa shape index (κ2) is 6.35. The SMILES string of the molecule is Cc1cc(C2=CC(O)CC(F)=C2)nc2c(-c3cnc4ccccc4c3)cnn12. The van der Waals surface area contributed by atoms with Gasteiger partial charge in [-0.1, -0.05) is 18.2 Å². The van der Waals surface area contributed by atoms with E-state index >= 15 is 0 Å². The number of benzene rings is 1. The largest absolute Gasteiger partial charge is 0.389 e. The van der Waals surface area contributed by atoms with Crippen LogP contribution in [0.4, 0.5) is 4.39 Å². The number of aliphatic hydroxyl groups excluding tert-OH is 1. The molecule has 3 heterocycles. The maximum absolute atomic E-state index is 13.8. The van der Waals surface area contributed by atoms with Crippen LogP contribution in [0.25, 0.3) is 33.3 Å². The molecule has 5 nitrogen and oxygen atoms in total. The summed E-state index contributed by atoms with van der Waals surface area (Å²) in [7, 11) is 0. The fourth-order valence-corrected chi connectivity index (χ4v) is 3.58. The van der Waals surface area contributed by atoms with Gasteiger partial charge in [0.15, 0.2) is 5.65 Å². The second-order valence-electron chi connectivity index (χ2n) is 6.98. The van der Waals surface area contributed by atoms with E-state index in [1.807, 2.05) is 43.5 Å². The monoisotopic (exact) mass is 372 g/mol. The summed E-state index contributed by atoms with van der Waals surface area (Å²) in [6.45, 7) is 1.92. The molecule has 138 valence electrons. The predicted octanol–water partition coefficient (Wildman–Crippen LogP) is 4.25. The average molecular weight is 372 g/mol. The first kappa shape index (κ1) is 16.8. The molecule has 1 aliphatic rings. The van der Waals surface area contributed by atoms with E-state index in [1.165, 1.54) is 6.08 Å². The summed E-state index contributed by atoms with van der Waals surface area (Å²) in [5.74, 6) is -0.350. The molecule has 1 N–H and O–H groups in total. The van der Waals surface area contributed by atoms with E-state index in [4.69, 9.17) is 4.98 Å². The molecule has 0 saturated carbocycles. The summed E-state index contributed by atoms with van der Waals surface area (Å²) in [5.41, 5.74) is 5.41. The van der Waals surface area contributed by atoms with Crippen LogP contribution in [0.3, 0.4) is 0 Å². The molecule has 1 aromatic carbocycles. The van der Waals surface area contributed by atoms with Gasteiger partial charge >= 0.3 is 0 Å². The number of pyridine rings is 1. The number of aliphatic hydroxyl groups is 1. The van der Waals surface area contributed by atoms with E-state index in [0.717, 1.165) is 27.7 Å². The van der Waals surface area contributed by atoms with E-state index < -0.39 is 6.10 Å². The number of fused-ring (bicyclic) bond motifs is 2. The van der Waals surface area contributed by atoms with E-state index in [-0.39, 0.29) is 12.2 Å². The van der Waals surface area contributed by atoms with Gasteiger partial charge in [0, 0.05) is 40.4 Å². The van der Waals surface area contributed by atoms with Gasteiger partial charge in [-0.2, -0.15) is 5.10 Å². The molecular formula is C22H17FN4O. The zero-order valence-electron chi connectivity index (χ0n) is 15.2. The van der Waals surface area contributed by atoms with Crippen molar-refractivity contribution in [3.05, 3.63) is 78.2 Å². The first-order valence-electron chi connectivity index (χ1n) is 9.05. The normalized spacial score (nSPS) is 17.0. The fraction of sp³-hybridized carbons (Fsp3) is 0.136. The first-order valence-corrected chi connectivity index (χ1v) is 9.05. The van der Waals surface area contributed by atoms with Gasteiger partial charge in [0.1, 0.15) is 5.83 Å². The smallest absolute Gasteiger partial charge is 0.163 e. The van der Waals surface area contributed by atoms with E-state index in [1.54, 1.807) is 16.8 Å². The molecule has 1 aliphatic carbocycles. The van der Waals surface area contributed by atoms with Gasteiger partial charge in [-0.25, -0.2) is 13.9 Å². The Hall–Kier alpha value is -3.38. The second-order valence-corrected chi connectivity index (χ2v) is 6.98. The van der Waals surface area contributed by atoms with Gasteiger partial charge in [0.05, 0.1) is 23.5 Å². The van der Waals surface area contributed by atoms with Gasteiger partial charge in [0.25, 0.3) is 0 Å². The molecule has 0 spiro atoms. The van der Waals surface area contributed by atoms with E-state index in [2.05, 4.69) is 16.1 Å². The standard InChI is InChI=1S/C22H17FN4O/c1-13-6-21(15-8-17(23)10-18(28)9-15)26-22-19(12-25-27(13)22)16-7-14-4-2-3-5-20(14)24-11-16/h2-9,11-12,18,28H,10H2,1H3. The summed E-state index contributed by atoms with van der Waals surface area (Å²) >= 11 is 0. The first-order chi connectivity index (χ1) is 13.6. The Kier molecular flexibility index (Phi) is 3.80. The van der Waals surface area contributed by atoms with Crippen LogP contribution in [0.5, 0.6) is 0 Å². The lowest BCUT2D eigenvalue weighted by atomic mass is 10.0. The van der Waals surface area contributed by atoms with Crippen molar-refractivity contribution in [3.8, 4) is 11.1 Å². The van der Waals surface area contributed by atoms with E-state index in [0.29, 0.717) is 16.9 Å². The Morgan fingerprint density at radius 1 is 1.18 bits per heavy atom. The van der Waals surface area contributed by atoms with Crippen molar-refractivity contribution >= 4 is 22.1 Å². The van der Waals surface area contributed by atoms with Gasteiger partial charge < -0.3 is 5.11 Å². The molecule has 0 radical (unpaired) electrons. The molecule has 1 unspecified atom stereocenters. The molecule has 3 aromatic heterocycles. The predicted molar refractivity (Wildman–Crippen MR) is 106 cm³/mol. The number of rotatable bonds is 2. The summed E-state index contributed by atoms with van der Waals surface area (Å²) < 4.78 is 15.6. The summed E-state index contributed by atoms with van der Waals surface area (Å²) in [6.07, 6.45) is 5.81. The van der Waals surface area contributed by atoms with Gasteiger partial charge in [0.2, 0.25) is 0 Å². The minimum Gasteiger partial charge on any atom is -0.389 e. The molecule has 0 aliphatic heterocycles.